The van der Waals surface area contributed by atoms with Crippen molar-refractivity contribution in [3.63, 3.8) is 0 Å². The number of benzene rings is 1. The molecule has 1 aromatic heterocycles. The molecule has 19 heavy (non-hydrogen) atoms. The van der Waals surface area contributed by atoms with E-state index in [0.29, 0.717) is 0 Å². The van der Waals surface area contributed by atoms with Gasteiger partial charge in [0.2, 0.25) is 0 Å². The highest BCUT2D eigenvalue weighted by molar-refractivity contribution is 7.10. The Hall–Kier alpha value is -1.19. The van der Waals surface area contributed by atoms with E-state index in [9.17, 15) is 0 Å². The number of rotatable bonds is 4. The lowest BCUT2D eigenvalue weighted by atomic mass is 9.95. The van der Waals surface area contributed by atoms with Crippen LogP contribution in [0.5, 0.6) is 0 Å². The number of aryl methyl sites for hydroxylation is 2. The minimum Gasteiger partial charge on any atom is -0.319 e. The molecular weight excluding hydrogens is 252 g/mol. The fourth-order valence-corrected chi connectivity index (χ4v) is 3.36. The number of thiazole rings is 1. The van der Waals surface area contributed by atoms with Gasteiger partial charge in [-0.05, 0) is 32.3 Å². The van der Waals surface area contributed by atoms with Crippen molar-refractivity contribution in [1.82, 2.24) is 4.98 Å². The van der Waals surface area contributed by atoms with Crippen molar-refractivity contribution in [3.05, 3.63) is 39.7 Å². The molecule has 0 atom stereocenters. The largest absolute Gasteiger partial charge is 0.319 e. The second-order valence-corrected chi connectivity index (χ2v) is 6.08. The van der Waals surface area contributed by atoms with Crippen LogP contribution in [0.25, 0.3) is 11.3 Å². The fourth-order valence-electron chi connectivity index (χ4n) is 2.28. The maximum atomic E-state index is 6.42. The second kappa shape index (κ2) is 5.43. The molecule has 2 N–H and O–H groups in total. The van der Waals surface area contributed by atoms with Crippen LogP contribution in [0, 0.1) is 13.8 Å². The minimum absolute atomic E-state index is 0.276. The van der Waals surface area contributed by atoms with Crippen LogP contribution < -0.4 is 5.73 Å². The van der Waals surface area contributed by atoms with Gasteiger partial charge in [-0.2, -0.15) is 0 Å². The minimum atomic E-state index is -0.276. The van der Waals surface area contributed by atoms with Gasteiger partial charge in [-0.15, -0.1) is 11.3 Å². The Kier molecular flexibility index (Phi) is 4.07. The number of aromatic nitrogens is 1. The number of hydrogen-bond acceptors (Lipinski definition) is 3. The van der Waals surface area contributed by atoms with Crippen molar-refractivity contribution in [2.24, 2.45) is 5.73 Å². The highest BCUT2D eigenvalue weighted by atomic mass is 32.1. The van der Waals surface area contributed by atoms with Gasteiger partial charge in [-0.1, -0.05) is 37.6 Å². The quantitative estimate of drug-likeness (QED) is 0.897. The Balaban J connectivity index is 2.41. The molecule has 0 fully saturated rings. The normalized spacial score (nSPS) is 11.8. The van der Waals surface area contributed by atoms with E-state index in [1.807, 2.05) is 0 Å². The van der Waals surface area contributed by atoms with E-state index in [4.69, 9.17) is 10.7 Å². The van der Waals surface area contributed by atoms with E-state index in [2.05, 4.69) is 51.3 Å². The van der Waals surface area contributed by atoms with E-state index in [1.54, 1.807) is 11.3 Å². The van der Waals surface area contributed by atoms with E-state index in [1.165, 1.54) is 16.7 Å². The summed E-state index contributed by atoms with van der Waals surface area (Å²) in [4.78, 5) is 4.78. The van der Waals surface area contributed by atoms with Gasteiger partial charge in [-0.25, -0.2) is 4.98 Å². The Morgan fingerprint density at radius 2 is 1.89 bits per heavy atom. The molecule has 0 bridgehead atoms. The van der Waals surface area contributed by atoms with Crippen molar-refractivity contribution in [1.29, 1.82) is 0 Å². The topological polar surface area (TPSA) is 38.9 Å². The van der Waals surface area contributed by atoms with Crippen LogP contribution in [0.2, 0.25) is 0 Å². The summed E-state index contributed by atoms with van der Waals surface area (Å²) in [5, 5.41) is 3.17. The zero-order valence-corrected chi connectivity index (χ0v) is 13.0. The molecule has 2 nitrogen and oxygen atoms in total. The van der Waals surface area contributed by atoms with Crippen molar-refractivity contribution < 1.29 is 0 Å². The summed E-state index contributed by atoms with van der Waals surface area (Å²) in [5.41, 5.74) is 11.0. The molecule has 0 amide bonds. The molecule has 2 aromatic rings. The Labute approximate surface area is 119 Å². The Morgan fingerprint density at radius 1 is 1.21 bits per heavy atom. The molecule has 0 spiro atoms. The lowest BCUT2D eigenvalue weighted by Gasteiger charge is -2.23. The molecular formula is C16H22N2S. The Bertz CT molecular complexity index is 568. The van der Waals surface area contributed by atoms with Gasteiger partial charge in [0, 0.05) is 10.9 Å². The van der Waals surface area contributed by atoms with Crippen LogP contribution in [0.15, 0.2) is 23.6 Å². The first kappa shape index (κ1) is 14.2. The maximum absolute atomic E-state index is 6.42. The van der Waals surface area contributed by atoms with Crippen molar-refractivity contribution in [3.8, 4) is 11.3 Å². The van der Waals surface area contributed by atoms with E-state index in [-0.39, 0.29) is 5.54 Å². The van der Waals surface area contributed by atoms with Crippen molar-refractivity contribution in [2.75, 3.05) is 0 Å². The molecule has 0 saturated carbocycles. The highest BCUT2D eigenvalue weighted by Gasteiger charge is 2.26. The zero-order chi connectivity index (χ0) is 14.0. The molecule has 0 unspecified atom stereocenters. The first-order chi connectivity index (χ1) is 9.00. The molecule has 0 radical (unpaired) electrons. The van der Waals surface area contributed by atoms with Gasteiger partial charge < -0.3 is 5.73 Å². The van der Waals surface area contributed by atoms with Crippen LogP contribution in [0.4, 0.5) is 0 Å². The Morgan fingerprint density at radius 3 is 2.47 bits per heavy atom. The number of nitrogens with zero attached hydrogens (tertiary/aromatic N) is 1. The zero-order valence-electron chi connectivity index (χ0n) is 12.2. The van der Waals surface area contributed by atoms with Gasteiger partial charge >= 0.3 is 0 Å². The third kappa shape index (κ3) is 2.72. The number of hydrogen-bond donors (Lipinski definition) is 1. The third-order valence-corrected chi connectivity index (χ3v) is 4.91. The highest BCUT2D eigenvalue weighted by Crippen LogP contribution is 2.32. The van der Waals surface area contributed by atoms with Crippen LogP contribution >= 0.6 is 11.3 Å². The summed E-state index contributed by atoms with van der Waals surface area (Å²) in [7, 11) is 0. The fraction of sp³-hybridized carbons (Fsp3) is 0.438. The maximum Gasteiger partial charge on any atom is 0.113 e. The molecule has 0 aliphatic carbocycles. The van der Waals surface area contributed by atoms with Crippen molar-refractivity contribution in [2.45, 2.75) is 46.1 Å². The lowest BCUT2D eigenvalue weighted by molar-refractivity contribution is 0.411. The lowest BCUT2D eigenvalue weighted by Crippen LogP contribution is -2.34. The molecule has 0 aliphatic rings. The average Bonchev–Trinajstić information content (AvgIpc) is 2.88. The molecule has 102 valence electrons. The van der Waals surface area contributed by atoms with Gasteiger partial charge in [0.1, 0.15) is 5.01 Å². The molecule has 0 aliphatic heterocycles. The monoisotopic (exact) mass is 274 g/mol. The van der Waals surface area contributed by atoms with E-state index in [0.717, 1.165) is 23.5 Å². The summed E-state index contributed by atoms with van der Waals surface area (Å²) in [6.45, 7) is 8.50. The molecule has 0 saturated heterocycles. The summed E-state index contributed by atoms with van der Waals surface area (Å²) in [6.07, 6.45) is 1.84. The SMILES string of the molecule is CCC(N)(CC)c1nc(-c2ccc(C)cc2C)cs1. The van der Waals surface area contributed by atoms with Gasteiger partial charge in [0.15, 0.2) is 0 Å². The second-order valence-electron chi connectivity index (χ2n) is 5.22. The van der Waals surface area contributed by atoms with E-state index >= 15 is 0 Å². The summed E-state index contributed by atoms with van der Waals surface area (Å²) in [5.74, 6) is 0. The van der Waals surface area contributed by atoms with Crippen LogP contribution in [-0.4, -0.2) is 4.98 Å². The van der Waals surface area contributed by atoms with E-state index < -0.39 is 0 Å². The standard InChI is InChI=1S/C16H22N2S/c1-5-16(17,6-2)15-18-14(10-19-15)13-8-7-11(3)9-12(13)4/h7-10H,5-6,17H2,1-4H3. The van der Waals surface area contributed by atoms with Gasteiger partial charge in [0.05, 0.1) is 11.2 Å². The molecule has 1 heterocycles. The van der Waals surface area contributed by atoms with Gasteiger partial charge in [0.25, 0.3) is 0 Å². The first-order valence-electron chi connectivity index (χ1n) is 6.82. The third-order valence-electron chi connectivity index (χ3n) is 3.85. The smallest absolute Gasteiger partial charge is 0.113 e. The predicted molar refractivity (Wildman–Crippen MR) is 83.5 cm³/mol. The molecule has 3 heteroatoms. The molecule has 1 aromatic carbocycles. The van der Waals surface area contributed by atoms with Crippen molar-refractivity contribution >= 4 is 11.3 Å². The first-order valence-corrected chi connectivity index (χ1v) is 7.70. The van der Waals surface area contributed by atoms with Crippen LogP contribution in [0.1, 0.15) is 42.8 Å². The number of nitrogens with two attached hydrogens (primary N) is 1. The average molecular weight is 274 g/mol. The van der Waals surface area contributed by atoms with Crippen LogP contribution in [0.3, 0.4) is 0 Å². The summed E-state index contributed by atoms with van der Waals surface area (Å²) < 4.78 is 0. The van der Waals surface area contributed by atoms with Gasteiger partial charge in [-0.3, -0.25) is 0 Å². The summed E-state index contributed by atoms with van der Waals surface area (Å²) >= 11 is 1.68. The van der Waals surface area contributed by atoms with Crippen LogP contribution in [-0.2, 0) is 5.54 Å². The molecule has 2 rings (SSSR count). The summed E-state index contributed by atoms with van der Waals surface area (Å²) in [6, 6.07) is 6.49. The predicted octanol–water partition coefficient (Wildman–Crippen LogP) is 4.40.